The fourth-order valence-corrected chi connectivity index (χ4v) is 7.51. The van der Waals surface area contributed by atoms with Crippen molar-refractivity contribution in [3.63, 3.8) is 0 Å². The Bertz CT molecular complexity index is 1910. The number of para-hydroxylation sites is 4. The topological polar surface area (TPSA) is 184 Å². The molecule has 5 rings (SSSR count). The standard InChI is InChI=1S/C52H72N4O10/c1-51(2,3)65-49(57)55-23-11-25-61-45-37-13-7-14-38(45)34-42-18-10-20-44(48(42)64-32-30-60-28-22-54)36-40-16-8-15-39(46(40)62-26-12-24-56-50(58)66-52(4,5)6)35-43-19-9-17-41(33-37)47(43)63-31-29-59-27-21-53/h7-10,13-20H,11-12,21-36,53-54H2,1-6H3,(H,55,57)(H,56,58). The Kier molecular flexibility index (Phi) is 20.2. The van der Waals surface area contributed by atoms with Gasteiger partial charge in [0.1, 0.15) is 47.4 Å². The molecular weight excluding hydrogens is 841 g/mol. The Morgan fingerprint density at radius 2 is 0.712 bits per heavy atom. The van der Waals surface area contributed by atoms with Gasteiger partial charge in [-0.2, -0.15) is 0 Å². The van der Waals surface area contributed by atoms with E-state index in [4.69, 9.17) is 49.4 Å². The van der Waals surface area contributed by atoms with Gasteiger partial charge >= 0.3 is 12.2 Å². The summed E-state index contributed by atoms with van der Waals surface area (Å²) in [7, 11) is 0. The molecule has 0 saturated carbocycles. The molecule has 8 bridgehead atoms. The number of fused-ring (bicyclic) bond motifs is 8. The lowest BCUT2D eigenvalue weighted by Crippen LogP contribution is -2.33. The second kappa shape index (κ2) is 26.0. The molecule has 66 heavy (non-hydrogen) atoms. The first-order valence-corrected chi connectivity index (χ1v) is 23.2. The zero-order chi connectivity index (χ0) is 47.4. The highest BCUT2D eigenvalue weighted by Crippen LogP contribution is 2.39. The Hall–Kier alpha value is -5.54. The summed E-state index contributed by atoms with van der Waals surface area (Å²) in [5, 5.41) is 5.69. The van der Waals surface area contributed by atoms with Crippen LogP contribution in [0.4, 0.5) is 9.59 Å². The zero-order valence-electron chi connectivity index (χ0n) is 39.9. The van der Waals surface area contributed by atoms with E-state index >= 15 is 0 Å². The molecule has 6 N–H and O–H groups in total. The van der Waals surface area contributed by atoms with Crippen molar-refractivity contribution in [3.8, 4) is 23.0 Å². The molecule has 0 saturated heterocycles. The van der Waals surface area contributed by atoms with Gasteiger partial charge in [-0.3, -0.25) is 0 Å². The van der Waals surface area contributed by atoms with Gasteiger partial charge in [0.05, 0.1) is 39.6 Å². The van der Waals surface area contributed by atoms with Crippen molar-refractivity contribution in [2.24, 2.45) is 11.5 Å². The Morgan fingerprint density at radius 1 is 0.439 bits per heavy atom. The molecule has 4 aromatic carbocycles. The average Bonchev–Trinajstić information content (AvgIpc) is 3.24. The molecule has 0 aliphatic heterocycles. The second-order valence-corrected chi connectivity index (χ2v) is 18.1. The Balaban J connectivity index is 1.56. The van der Waals surface area contributed by atoms with Gasteiger partial charge in [0.2, 0.25) is 0 Å². The van der Waals surface area contributed by atoms with Crippen molar-refractivity contribution in [1.82, 2.24) is 10.6 Å². The Labute approximate surface area is 391 Å². The average molecular weight is 913 g/mol. The maximum absolute atomic E-state index is 12.4. The van der Waals surface area contributed by atoms with Gasteiger partial charge in [-0.05, 0) is 98.9 Å². The number of rotatable bonds is 22. The molecule has 0 heterocycles. The summed E-state index contributed by atoms with van der Waals surface area (Å²) in [5.41, 5.74) is 18.1. The first kappa shape index (κ1) is 51.4. The number of carbonyl (C=O) groups excluding carboxylic acids is 2. The molecule has 0 spiro atoms. The molecule has 14 heteroatoms. The van der Waals surface area contributed by atoms with Gasteiger partial charge in [0.25, 0.3) is 0 Å². The fourth-order valence-electron chi connectivity index (χ4n) is 7.51. The molecule has 1 aliphatic carbocycles. The van der Waals surface area contributed by atoms with E-state index in [2.05, 4.69) is 83.4 Å². The van der Waals surface area contributed by atoms with E-state index in [1.165, 1.54) is 0 Å². The van der Waals surface area contributed by atoms with Crippen LogP contribution in [0.5, 0.6) is 23.0 Å². The SMILES string of the molecule is CC(C)(C)OC(=O)NCCCOc1c2cccc1Cc1cccc(c1OCCOCCN)Cc1cccc(c1OCCCNC(=O)OC(C)(C)C)Cc1cccc(c1OCCOCCN)C2. The number of hydrogen-bond donors (Lipinski definition) is 4. The van der Waals surface area contributed by atoms with Crippen molar-refractivity contribution < 1.29 is 47.5 Å². The van der Waals surface area contributed by atoms with Gasteiger partial charge in [-0.1, -0.05) is 72.8 Å². The van der Waals surface area contributed by atoms with E-state index < -0.39 is 23.4 Å². The highest BCUT2D eigenvalue weighted by atomic mass is 16.6. The van der Waals surface area contributed by atoms with E-state index in [1.807, 2.05) is 41.5 Å². The number of hydrogen-bond acceptors (Lipinski definition) is 12. The van der Waals surface area contributed by atoms with Gasteiger partial charge < -0.3 is 60.0 Å². The minimum absolute atomic E-state index is 0.334. The third-order valence-electron chi connectivity index (χ3n) is 10.2. The van der Waals surface area contributed by atoms with E-state index in [9.17, 15) is 9.59 Å². The summed E-state index contributed by atoms with van der Waals surface area (Å²) >= 11 is 0. The number of ether oxygens (including phenoxy) is 8. The molecule has 0 radical (unpaired) electrons. The summed E-state index contributed by atoms with van der Waals surface area (Å²) in [6.45, 7) is 15.7. The third kappa shape index (κ3) is 17.0. The number of amides is 2. The van der Waals surface area contributed by atoms with Crippen LogP contribution >= 0.6 is 0 Å². The quantitative estimate of drug-likeness (QED) is 0.0498. The van der Waals surface area contributed by atoms with Crippen molar-refractivity contribution >= 4 is 12.2 Å². The summed E-state index contributed by atoms with van der Waals surface area (Å²) in [6.07, 6.45) is 2.27. The highest BCUT2D eigenvalue weighted by molar-refractivity contribution is 5.68. The van der Waals surface area contributed by atoms with Crippen LogP contribution in [0.2, 0.25) is 0 Å². The van der Waals surface area contributed by atoms with Crippen LogP contribution in [0.3, 0.4) is 0 Å². The molecular formula is C52H72N4O10. The predicted molar refractivity (Wildman–Crippen MR) is 256 cm³/mol. The first-order chi connectivity index (χ1) is 31.7. The van der Waals surface area contributed by atoms with E-state index in [0.29, 0.717) is 118 Å². The highest BCUT2D eigenvalue weighted by Gasteiger charge is 2.23. The van der Waals surface area contributed by atoms with Gasteiger partial charge in [0.15, 0.2) is 0 Å². The summed E-state index contributed by atoms with van der Waals surface area (Å²) < 4.78 is 49.1. The molecule has 2 amide bonds. The molecule has 0 unspecified atom stereocenters. The third-order valence-corrected chi connectivity index (χ3v) is 10.2. The monoisotopic (exact) mass is 913 g/mol. The number of carbonyl (C=O) groups is 2. The largest absolute Gasteiger partial charge is 0.493 e. The summed E-state index contributed by atoms with van der Waals surface area (Å²) in [5.74, 6) is 3.09. The van der Waals surface area contributed by atoms with Crippen LogP contribution in [0.25, 0.3) is 0 Å². The number of benzene rings is 4. The fraction of sp³-hybridized carbons (Fsp3) is 0.500. The molecule has 0 atom stereocenters. The lowest BCUT2D eigenvalue weighted by atomic mass is 9.91. The number of alkyl carbamates (subject to hydrolysis) is 2. The molecule has 4 aromatic rings. The van der Waals surface area contributed by atoms with Crippen molar-refractivity contribution in [1.29, 1.82) is 0 Å². The number of nitrogens with one attached hydrogen (secondary N) is 2. The van der Waals surface area contributed by atoms with Gasteiger partial charge in [0, 0.05) is 51.9 Å². The van der Waals surface area contributed by atoms with Crippen LogP contribution in [0, 0.1) is 0 Å². The van der Waals surface area contributed by atoms with E-state index in [0.717, 1.165) is 67.5 Å². The van der Waals surface area contributed by atoms with Crippen molar-refractivity contribution in [3.05, 3.63) is 117 Å². The van der Waals surface area contributed by atoms with Crippen molar-refractivity contribution in [2.45, 2.75) is 91.3 Å². The van der Waals surface area contributed by atoms with E-state index in [1.54, 1.807) is 0 Å². The lowest BCUT2D eigenvalue weighted by molar-refractivity contribution is 0.0513. The summed E-state index contributed by atoms with van der Waals surface area (Å²) in [6, 6.07) is 25.0. The zero-order valence-corrected chi connectivity index (χ0v) is 39.9. The second-order valence-electron chi connectivity index (χ2n) is 18.1. The minimum atomic E-state index is -0.593. The lowest BCUT2D eigenvalue weighted by Gasteiger charge is -2.23. The maximum Gasteiger partial charge on any atom is 0.407 e. The van der Waals surface area contributed by atoms with Crippen LogP contribution in [0.1, 0.15) is 98.9 Å². The number of nitrogens with two attached hydrogens (primary N) is 2. The minimum Gasteiger partial charge on any atom is -0.493 e. The van der Waals surface area contributed by atoms with E-state index in [-0.39, 0.29) is 0 Å². The van der Waals surface area contributed by atoms with Gasteiger partial charge in [-0.25, -0.2) is 9.59 Å². The van der Waals surface area contributed by atoms with Crippen molar-refractivity contribution in [2.75, 3.05) is 79.0 Å². The first-order valence-electron chi connectivity index (χ1n) is 23.2. The molecule has 14 nitrogen and oxygen atoms in total. The summed E-state index contributed by atoms with van der Waals surface area (Å²) in [4.78, 5) is 24.8. The smallest absolute Gasteiger partial charge is 0.407 e. The van der Waals surface area contributed by atoms with Crippen LogP contribution < -0.4 is 41.0 Å². The molecule has 0 aromatic heterocycles. The van der Waals surface area contributed by atoms with Crippen LogP contribution in [-0.2, 0) is 44.6 Å². The van der Waals surface area contributed by atoms with Crippen LogP contribution in [0.15, 0.2) is 72.8 Å². The maximum atomic E-state index is 12.4. The Morgan fingerprint density at radius 3 is 0.970 bits per heavy atom. The predicted octanol–water partition coefficient (Wildman–Crippen LogP) is 7.66. The molecule has 1 aliphatic rings. The molecule has 0 fully saturated rings. The normalized spacial score (nSPS) is 12.5. The van der Waals surface area contributed by atoms with Crippen LogP contribution in [-0.4, -0.2) is 102 Å². The molecule has 360 valence electrons. The van der Waals surface area contributed by atoms with Gasteiger partial charge in [-0.15, -0.1) is 0 Å².